The molecule has 0 saturated carbocycles. The minimum atomic E-state index is -2.66. The van der Waals surface area contributed by atoms with Crippen molar-refractivity contribution in [2.24, 2.45) is 12.5 Å². The molecule has 8 heteroatoms. The summed E-state index contributed by atoms with van der Waals surface area (Å²) in [6, 6.07) is 0. The van der Waals surface area contributed by atoms with Crippen LogP contribution in [0.3, 0.4) is 0 Å². The Morgan fingerprint density at radius 3 is 2.72 bits per heavy atom. The first kappa shape index (κ1) is 16.4. The molecule has 0 aliphatic carbocycles. The molecule has 2 fully saturated rings. The van der Waals surface area contributed by atoms with E-state index in [1.165, 1.54) is 0 Å². The maximum atomic E-state index is 14.9. The fourth-order valence-electron chi connectivity index (χ4n) is 4.08. The third-order valence-corrected chi connectivity index (χ3v) is 5.44. The van der Waals surface area contributed by atoms with Crippen molar-refractivity contribution in [3.05, 3.63) is 36.5 Å². The molecule has 2 saturated heterocycles. The summed E-state index contributed by atoms with van der Waals surface area (Å²) in [5, 5.41) is 4.17. The number of aromatic nitrogens is 4. The van der Waals surface area contributed by atoms with E-state index in [0.29, 0.717) is 45.0 Å². The van der Waals surface area contributed by atoms with E-state index in [9.17, 15) is 8.78 Å². The van der Waals surface area contributed by atoms with Crippen molar-refractivity contribution in [1.29, 1.82) is 0 Å². The van der Waals surface area contributed by atoms with E-state index in [-0.39, 0.29) is 6.42 Å². The molecule has 4 rings (SSSR count). The summed E-state index contributed by atoms with van der Waals surface area (Å²) in [5.41, 5.74) is 0.0389. The van der Waals surface area contributed by atoms with E-state index in [0.717, 1.165) is 5.56 Å². The third-order valence-electron chi connectivity index (χ3n) is 5.44. The van der Waals surface area contributed by atoms with Crippen LogP contribution in [0.25, 0.3) is 0 Å². The van der Waals surface area contributed by atoms with Crippen LogP contribution in [0, 0.1) is 5.41 Å². The summed E-state index contributed by atoms with van der Waals surface area (Å²) < 4.78 is 31.5. The number of alkyl halides is 2. The molecule has 2 aliphatic rings. The Morgan fingerprint density at radius 2 is 2.00 bits per heavy atom. The number of halogens is 2. The minimum absolute atomic E-state index is 0.0957. The van der Waals surface area contributed by atoms with E-state index in [2.05, 4.69) is 20.0 Å². The largest absolute Gasteiger partial charge is 0.354 e. The van der Waals surface area contributed by atoms with E-state index in [4.69, 9.17) is 0 Å². The van der Waals surface area contributed by atoms with Crippen molar-refractivity contribution in [2.75, 3.05) is 31.1 Å². The predicted octanol–water partition coefficient (Wildman–Crippen LogP) is 1.95. The third kappa shape index (κ3) is 2.99. The fourth-order valence-corrected chi connectivity index (χ4v) is 4.08. The van der Waals surface area contributed by atoms with Crippen LogP contribution >= 0.6 is 0 Å². The van der Waals surface area contributed by atoms with Crippen molar-refractivity contribution in [3.63, 3.8) is 0 Å². The number of aryl methyl sites for hydroxylation is 1. The first-order chi connectivity index (χ1) is 12.0. The molecule has 0 aromatic carbocycles. The summed E-state index contributed by atoms with van der Waals surface area (Å²) in [4.78, 5) is 12.4. The Labute approximate surface area is 145 Å². The molecule has 134 valence electrons. The lowest BCUT2D eigenvalue weighted by molar-refractivity contribution is -0.158. The summed E-state index contributed by atoms with van der Waals surface area (Å²) in [6.07, 6.45) is 8.98. The zero-order chi connectivity index (χ0) is 17.5. The van der Waals surface area contributed by atoms with Crippen LogP contribution in [0.2, 0.25) is 0 Å². The number of hydrogen-bond donors (Lipinski definition) is 0. The Bertz CT molecular complexity index is 734. The highest BCUT2D eigenvalue weighted by Crippen LogP contribution is 2.50. The number of piperidine rings is 1. The highest BCUT2D eigenvalue weighted by Gasteiger charge is 2.59. The highest BCUT2D eigenvalue weighted by atomic mass is 19.3. The van der Waals surface area contributed by atoms with Gasteiger partial charge < -0.3 is 4.90 Å². The second-order valence-corrected chi connectivity index (χ2v) is 7.20. The molecular weight excluding hydrogens is 326 g/mol. The summed E-state index contributed by atoms with van der Waals surface area (Å²) in [6.45, 7) is 2.38. The lowest BCUT2D eigenvalue weighted by atomic mass is 9.75. The number of anilines is 1. The van der Waals surface area contributed by atoms with Gasteiger partial charge in [-0.2, -0.15) is 5.10 Å². The molecule has 0 N–H and O–H groups in total. The van der Waals surface area contributed by atoms with Gasteiger partial charge in [0, 0.05) is 70.3 Å². The fraction of sp³-hybridized carbons (Fsp3) is 0.588. The highest BCUT2D eigenvalue weighted by molar-refractivity contribution is 5.38. The van der Waals surface area contributed by atoms with Gasteiger partial charge in [-0.15, -0.1) is 0 Å². The van der Waals surface area contributed by atoms with Crippen molar-refractivity contribution in [3.8, 4) is 0 Å². The number of likely N-dealkylation sites (tertiary alicyclic amines) is 1. The van der Waals surface area contributed by atoms with Gasteiger partial charge in [0.1, 0.15) is 5.82 Å². The first-order valence-corrected chi connectivity index (χ1v) is 8.56. The SMILES string of the molecule is Cn1cc(CN2CCC(F)(F)[C@@]3(CCN(c4cnccn4)C3)C2)cn1. The van der Waals surface area contributed by atoms with Gasteiger partial charge in [0.2, 0.25) is 0 Å². The molecule has 1 atom stereocenters. The molecule has 2 aliphatic heterocycles. The first-order valence-electron chi connectivity index (χ1n) is 8.56. The quantitative estimate of drug-likeness (QED) is 0.849. The summed E-state index contributed by atoms with van der Waals surface area (Å²) in [7, 11) is 1.87. The Hall–Kier alpha value is -2.09. The standard InChI is InChI=1S/C17H22F2N6/c1-23-10-14(8-22-23)11-24-6-3-17(18,19)16(12-24)2-7-25(13-16)15-9-20-4-5-21-15/h4-5,8-10H,2-3,6-7,11-13H2,1H3/t16-/m0/s1. The molecule has 0 unspecified atom stereocenters. The molecule has 25 heavy (non-hydrogen) atoms. The maximum Gasteiger partial charge on any atom is 0.257 e. The van der Waals surface area contributed by atoms with Gasteiger partial charge in [0.25, 0.3) is 5.92 Å². The molecule has 1 spiro atoms. The molecule has 0 radical (unpaired) electrons. The van der Waals surface area contributed by atoms with Crippen molar-refractivity contribution in [2.45, 2.75) is 25.3 Å². The van der Waals surface area contributed by atoms with Gasteiger partial charge in [-0.3, -0.25) is 14.6 Å². The number of nitrogens with zero attached hydrogens (tertiary/aromatic N) is 6. The van der Waals surface area contributed by atoms with Crippen molar-refractivity contribution < 1.29 is 8.78 Å². The Balaban J connectivity index is 1.52. The van der Waals surface area contributed by atoms with Crippen LogP contribution in [0.5, 0.6) is 0 Å². The number of rotatable bonds is 3. The molecule has 6 nitrogen and oxygen atoms in total. The average molecular weight is 348 g/mol. The van der Waals surface area contributed by atoms with Crippen LogP contribution in [0.4, 0.5) is 14.6 Å². The monoisotopic (exact) mass is 348 g/mol. The van der Waals surface area contributed by atoms with E-state index < -0.39 is 11.3 Å². The van der Waals surface area contributed by atoms with Gasteiger partial charge >= 0.3 is 0 Å². The van der Waals surface area contributed by atoms with Gasteiger partial charge in [-0.25, -0.2) is 13.8 Å². The van der Waals surface area contributed by atoms with Gasteiger partial charge in [-0.1, -0.05) is 0 Å². The Kier molecular flexibility index (Phi) is 3.94. The van der Waals surface area contributed by atoms with Gasteiger partial charge in [0.05, 0.1) is 17.8 Å². The number of hydrogen-bond acceptors (Lipinski definition) is 5. The second kappa shape index (κ2) is 6.01. The van der Waals surface area contributed by atoms with Gasteiger partial charge in [0.15, 0.2) is 0 Å². The van der Waals surface area contributed by atoms with Gasteiger partial charge in [-0.05, 0) is 6.42 Å². The minimum Gasteiger partial charge on any atom is -0.354 e. The van der Waals surface area contributed by atoms with Crippen LogP contribution in [0.15, 0.2) is 31.0 Å². The van der Waals surface area contributed by atoms with E-state index >= 15 is 0 Å². The van der Waals surface area contributed by atoms with Crippen LogP contribution in [-0.2, 0) is 13.6 Å². The van der Waals surface area contributed by atoms with Crippen LogP contribution in [-0.4, -0.2) is 56.7 Å². The Morgan fingerprint density at radius 1 is 1.12 bits per heavy atom. The molecule has 2 aromatic heterocycles. The summed E-state index contributed by atoms with van der Waals surface area (Å²) in [5.74, 6) is -1.98. The molecule has 2 aromatic rings. The topological polar surface area (TPSA) is 50.1 Å². The zero-order valence-corrected chi connectivity index (χ0v) is 14.3. The lowest BCUT2D eigenvalue weighted by Crippen LogP contribution is -2.56. The van der Waals surface area contributed by atoms with Crippen molar-refractivity contribution in [1.82, 2.24) is 24.6 Å². The second-order valence-electron chi connectivity index (χ2n) is 7.20. The van der Waals surface area contributed by atoms with E-state index in [1.54, 1.807) is 29.5 Å². The maximum absolute atomic E-state index is 14.9. The van der Waals surface area contributed by atoms with Crippen LogP contribution in [0.1, 0.15) is 18.4 Å². The molecular formula is C17H22F2N6. The smallest absolute Gasteiger partial charge is 0.257 e. The molecule has 0 amide bonds. The normalized spacial score (nSPS) is 26.4. The van der Waals surface area contributed by atoms with Crippen LogP contribution < -0.4 is 4.90 Å². The molecule has 4 heterocycles. The van der Waals surface area contributed by atoms with Crippen molar-refractivity contribution >= 4 is 5.82 Å². The predicted molar refractivity (Wildman–Crippen MR) is 89.3 cm³/mol. The molecule has 0 bridgehead atoms. The summed E-state index contributed by atoms with van der Waals surface area (Å²) >= 11 is 0. The lowest BCUT2D eigenvalue weighted by Gasteiger charge is -2.45. The zero-order valence-electron chi connectivity index (χ0n) is 14.3. The van der Waals surface area contributed by atoms with E-state index in [1.807, 2.05) is 18.1 Å². The average Bonchev–Trinajstić information content (AvgIpc) is 3.20.